The molecule has 0 bridgehead atoms. The van der Waals surface area contributed by atoms with E-state index in [1.807, 2.05) is 30.3 Å². The Morgan fingerprint density at radius 1 is 1.35 bits per heavy atom. The molecule has 0 amide bonds. The summed E-state index contributed by atoms with van der Waals surface area (Å²) in [5.74, 6) is 4.67. The molecule has 122 valence electrons. The van der Waals surface area contributed by atoms with Crippen LogP contribution in [0.4, 0.5) is 0 Å². The SMILES string of the molecule is CCOC(=O)[C@@](O)(C#CC1=CCCCC1)[C@H](C)c1ccccc1. The van der Waals surface area contributed by atoms with Gasteiger partial charge in [-0.15, -0.1) is 0 Å². The summed E-state index contributed by atoms with van der Waals surface area (Å²) in [5, 5.41) is 11.0. The molecule has 2 rings (SSSR count). The van der Waals surface area contributed by atoms with Gasteiger partial charge in [-0.3, -0.25) is 0 Å². The summed E-state index contributed by atoms with van der Waals surface area (Å²) < 4.78 is 5.08. The smallest absolute Gasteiger partial charge is 0.351 e. The average molecular weight is 312 g/mol. The molecule has 0 spiro atoms. The highest BCUT2D eigenvalue weighted by Crippen LogP contribution is 2.29. The van der Waals surface area contributed by atoms with E-state index in [0.717, 1.165) is 30.4 Å². The fraction of sp³-hybridized carbons (Fsp3) is 0.450. The first-order valence-electron chi connectivity index (χ1n) is 8.24. The van der Waals surface area contributed by atoms with Crippen molar-refractivity contribution in [2.75, 3.05) is 6.61 Å². The Morgan fingerprint density at radius 2 is 2.09 bits per heavy atom. The molecule has 0 saturated carbocycles. The van der Waals surface area contributed by atoms with E-state index < -0.39 is 17.5 Å². The molecule has 0 unspecified atom stereocenters. The molecule has 0 aliphatic heterocycles. The Kier molecular flexibility index (Phi) is 6.01. The molecule has 2 atom stereocenters. The van der Waals surface area contributed by atoms with Crippen molar-refractivity contribution in [3.8, 4) is 11.8 Å². The number of hydrogen-bond donors (Lipinski definition) is 1. The lowest BCUT2D eigenvalue weighted by Gasteiger charge is -2.27. The summed E-state index contributed by atoms with van der Waals surface area (Å²) in [4.78, 5) is 12.4. The lowest BCUT2D eigenvalue weighted by Crippen LogP contribution is -2.43. The van der Waals surface area contributed by atoms with E-state index in [1.165, 1.54) is 6.42 Å². The molecule has 0 aromatic heterocycles. The predicted molar refractivity (Wildman–Crippen MR) is 90.8 cm³/mol. The molecule has 1 aromatic carbocycles. The quantitative estimate of drug-likeness (QED) is 0.683. The fourth-order valence-corrected chi connectivity index (χ4v) is 2.69. The van der Waals surface area contributed by atoms with E-state index in [2.05, 4.69) is 17.9 Å². The summed E-state index contributed by atoms with van der Waals surface area (Å²) in [6, 6.07) is 9.44. The Morgan fingerprint density at radius 3 is 2.70 bits per heavy atom. The third-order valence-electron chi connectivity index (χ3n) is 4.22. The van der Waals surface area contributed by atoms with Crippen molar-refractivity contribution in [2.24, 2.45) is 0 Å². The van der Waals surface area contributed by atoms with Crippen molar-refractivity contribution in [1.82, 2.24) is 0 Å². The van der Waals surface area contributed by atoms with Gasteiger partial charge in [0.1, 0.15) is 0 Å². The number of ether oxygens (including phenoxy) is 1. The van der Waals surface area contributed by atoms with Gasteiger partial charge in [0.15, 0.2) is 0 Å². The number of carbonyl (C=O) groups excluding carboxylic acids is 1. The minimum atomic E-state index is -1.84. The number of carbonyl (C=O) groups is 1. The summed E-state index contributed by atoms with van der Waals surface area (Å²) in [6.07, 6.45) is 6.29. The van der Waals surface area contributed by atoms with Crippen molar-refractivity contribution in [3.05, 3.63) is 47.5 Å². The Bertz CT molecular complexity index is 621. The van der Waals surface area contributed by atoms with E-state index in [4.69, 9.17) is 4.74 Å². The van der Waals surface area contributed by atoms with Crippen LogP contribution in [0.15, 0.2) is 42.0 Å². The fourth-order valence-electron chi connectivity index (χ4n) is 2.69. The molecular formula is C20H24O3. The lowest BCUT2D eigenvalue weighted by atomic mass is 9.83. The maximum absolute atomic E-state index is 12.4. The number of benzene rings is 1. The van der Waals surface area contributed by atoms with Gasteiger partial charge in [-0.2, -0.15) is 0 Å². The zero-order chi connectivity index (χ0) is 16.7. The summed E-state index contributed by atoms with van der Waals surface area (Å²) in [5.41, 5.74) is 0.0181. The minimum absolute atomic E-state index is 0.215. The van der Waals surface area contributed by atoms with Crippen molar-refractivity contribution in [1.29, 1.82) is 0 Å². The Balaban J connectivity index is 2.34. The van der Waals surface area contributed by atoms with Gasteiger partial charge < -0.3 is 9.84 Å². The highest BCUT2D eigenvalue weighted by Gasteiger charge is 2.42. The van der Waals surface area contributed by atoms with Crippen molar-refractivity contribution in [2.45, 2.75) is 51.0 Å². The number of aliphatic hydroxyl groups is 1. The average Bonchev–Trinajstić information content (AvgIpc) is 2.61. The first kappa shape index (κ1) is 17.3. The van der Waals surface area contributed by atoms with Gasteiger partial charge in [-0.1, -0.05) is 55.2 Å². The van der Waals surface area contributed by atoms with E-state index in [-0.39, 0.29) is 6.61 Å². The van der Waals surface area contributed by atoms with Crippen LogP contribution in [0.3, 0.4) is 0 Å². The van der Waals surface area contributed by atoms with Crippen molar-refractivity contribution < 1.29 is 14.6 Å². The third-order valence-corrected chi connectivity index (χ3v) is 4.22. The van der Waals surface area contributed by atoms with Crippen LogP contribution in [0.5, 0.6) is 0 Å². The van der Waals surface area contributed by atoms with E-state index in [1.54, 1.807) is 13.8 Å². The Hall–Kier alpha value is -2.05. The molecule has 0 saturated heterocycles. The molecule has 1 N–H and O–H groups in total. The van der Waals surface area contributed by atoms with E-state index in [9.17, 15) is 9.90 Å². The largest absolute Gasteiger partial charge is 0.463 e. The molecule has 0 radical (unpaired) electrons. The van der Waals surface area contributed by atoms with E-state index >= 15 is 0 Å². The Labute approximate surface area is 138 Å². The van der Waals surface area contributed by atoms with Gasteiger partial charge >= 0.3 is 5.97 Å². The van der Waals surface area contributed by atoms with Crippen LogP contribution < -0.4 is 0 Å². The highest BCUT2D eigenvalue weighted by molar-refractivity contribution is 5.85. The van der Waals surface area contributed by atoms with Crippen LogP contribution in [-0.2, 0) is 9.53 Å². The monoisotopic (exact) mass is 312 g/mol. The summed E-state index contributed by atoms with van der Waals surface area (Å²) >= 11 is 0. The second-order valence-electron chi connectivity index (χ2n) is 5.84. The van der Waals surface area contributed by atoms with Gasteiger partial charge in [-0.05, 0) is 43.7 Å². The molecule has 1 aliphatic carbocycles. The number of hydrogen-bond acceptors (Lipinski definition) is 3. The lowest BCUT2D eigenvalue weighted by molar-refractivity contribution is -0.160. The van der Waals surface area contributed by atoms with Gasteiger partial charge in [0.2, 0.25) is 5.60 Å². The maximum Gasteiger partial charge on any atom is 0.351 e. The molecule has 23 heavy (non-hydrogen) atoms. The summed E-state index contributed by atoms with van der Waals surface area (Å²) in [7, 11) is 0. The van der Waals surface area contributed by atoms with Gasteiger partial charge in [0.05, 0.1) is 6.61 Å². The van der Waals surface area contributed by atoms with Crippen LogP contribution in [0.1, 0.15) is 51.0 Å². The molecule has 0 fully saturated rings. The number of rotatable bonds is 4. The van der Waals surface area contributed by atoms with Crippen LogP contribution >= 0.6 is 0 Å². The highest BCUT2D eigenvalue weighted by atomic mass is 16.5. The van der Waals surface area contributed by atoms with Gasteiger partial charge in [0, 0.05) is 5.92 Å². The zero-order valence-corrected chi connectivity index (χ0v) is 13.8. The summed E-state index contributed by atoms with van der Waals surface area (Å²) in [6.45, 7) is 3.74. The predicted octanol–water partition coefficient (Wildman–Crippen LogP) is 3.59. The molecular weight excluding hydrogens is 288 g/mol. The van der Waals surface area contributed by atoms with Crippen LogP contribution in [0.2, 0.25) is 0 Å². The second kappa shape index (κ2) is 7.99. The van der Waals surface area contributed by atoms with Crippen molar-refractivity contribution >= 4 is 5.97 Å². The van der Waals surface area contributed by atoms with Crippen molar-refractivity contribution in [3.63, 3.8) is 0 Å². The topological polar surface area (TPSA) is 46.5 Å². The third kappa shape index (κ3) is 4.24. The number of allylic oxidation sites excluding steroid dienone is 2. The molecule has 3 nitrogen and oxygen atoms in total. The van der Waals surface area contributed by atoms with Crippen LogP contribution in [0.25, 0.3) is 0 Å². The van der Waals surface area contributed by atoms with Crippen LogP contribution in [0, 0.1) is 11.8 Å². The molecule has 3 heteroatoms. The van der Waals surface area contributed by atoms with Gasteiger partial charge in [0.25, 0.3) is 0 Å². The molecule has 0 heterocycles. The second-order valence-corrected chi connectivity index (χ2v) is 5.84. The van der Waals surface area contributed by atoms with E-state index in [0.29, 0.717) is 0 Å². The normalized spacial score (nSPS) is 18.0. The maximum atomic E-state index is 12.4. The molecule has 1 aromatic rings. The minimum Gasteiger partial charge on any atom is -0.463 e. The first-order chi connectivity index (χ1) is 11.1. The standard InChI is InChI=1S/C20H24O3/c1-3-23-19(21)20(22,15-14-17-10-6-4-7-11-17)16(2)18-12-8-5-9-13-18/h5,8-10,12-13,16,22H,3-4,6-7,11H2,1-2H3/t16-,20-/m1/s1. The van der Waals surface area contributed by atoms with Crippen LogP contribution in [-0.4, -0.2) is 23.3 Å². The first-order valence-corrected chi connectivity index (χ1v) is 8.24. The van der Waals surface area contributed by atoms with Gasteiger partial charge in [-0.25, -0.2) is 4.79 Å². The zero-order valence-electron chi connectivity index (χ0n) is 13.8. The number of esters is 1. The molecule has 1 aliphatic rings.